The Morgan fingerprint density at radius 3 is 2.80 bits per heavy atom. The highest BCUT2D eigenvalue weighted by Gasteiger charge is 2.70. The van der Waals surface area contributed by atoms with Crippen LogP contribution in [0.3, 0.4) is 0 Å². The first-order valence-electron chi connectivity index (χ1n) is 7.88. The molecule has 1 aliphatic heterocycles. The smallest absolute Gasteiger partial charge is 0.231 e. The summed E-state index contributed by atoms with van der Waals surface area (Å²) in [5, 5.41) is 3.41. The Morgan fingerprint density at radius 1 is 1.30 bits per heavy atom. The number of hydrogen-bond donors (Lipinski definition) is 1. The van der Waals surface area contributed by atoms with Gasteiger partial charge in [0, 0.05) is 12.5 Å². The maximum atomic E-state index is 12.8. The summed E-state index contributed by atoms with van der Waals surface area (Å²) in [7, 11) is 0. The van der Waals surface area contributed by atoms with Gasteiger partial charge in [0.25, 0.3) is 0 Å². The van der Waals surface area contributed by atoms with Crippen molar-refractivity contribution in [3.8, 4) is 0 Å². The Bertz CT molecular complexity index is 603. The van der Waals surface area contributed by atoms with E-state index in [1.807, 2.05) is 0 Å². The normalized spacial score (nSPS) is 35.1. The van der Waals surface area contributed by atoms with Gasteiger partial charge in [-0.2, -0.15) is 0 Å². The zero-order valence-electron chi connectivity index (χ0n) is 11.7. The number of nitrogens with one attached hydrogen (secondary N) is 1. The highest BCUT2D eigenvalue weighted by molar-refractivity contribution is 5.98. The second-order valence-electron chi connectivity index (χ2n) is 7.18. The van der Waals surface area contributed by atoms with Crippen LogP contribution in [0.25, 0.3) is 0 Å². The third kappa shape index (κ3) is 1.32. The fourth-order valence-electron chi connectivity index (χ4n) is 4.23. The molecule has 1 N–H and O–H groups in total. The zero-order chi connectivity index (χ0) is 13.4. The molecule has 2 atom stereocenters. The number of amides is 1. The quantitative estimate of drug-likeness (QED) is 0.903. The minimum Gasteiger partial charge on any atom is -0.349 e. The SMILES string of the molecule is O=C(NC1(CN2CCC2)CC1)C12CC1c1ccccc12. The first kappa shape index (κ1) is 11.3. The molecule has 3 heteroatoms. The van der Waals surface area contributed by atoms with Crippen LogP contribution in [-0.4, -0.2) is 36.0 Å². The second-order valence-corrected chi connectivity index (χ2v) is 7.18. The van der Waals surface area contributed by atoms with E-state index in [0.717, 1.165) is 25.8 Å². The van der Waals surface area contributed by atoms with Crippen LogP contribution in [0.2, 0.25) is 0 Å². The van der Waals surface area contributed by atoms with E-state index >= 15 is 0 Å². The summed E-state index contributed by atoms with van der Waals surface area (Å²) in [5.74, 6) is 0.817. The van der Waals surface area contributed by atoms with Crippen LogP contribution in [0.15, 0.2) is 24.3 Å². The molecule has 20 heavy (non-hydrogen) atoms. The predicted molar refractivity (Wildman–Crippen MR) is 76.6 cm³/mol. The highest BCUT2D eigenvalue weighted by Crippen LogP contribution is 2.71. The van der Waals surface area contributed by atoms with E-state index in [9.17, 15) is 4.79 Å². The molecular formula is C17H20N2O. The zero-order valence-corrected chi connectivity index (χ0v) is 11.7. The maximum Gasteiger partial charge on any atom is 0.231 e. The number of rotatable bonds is 4. The van der Waals surface area contributed by atoms with Crippen LogP contribution >= 0.6 is 0 Å². The molecule has 4 aliphatic rings. The molecule has 0 aromatic heterocycles. The van der Waals surface area contributed by atoms with Crippen molar-refractivity contribution >= 4 is 5.91 Å². The van der Waals surface area contributed by atoms with Crippen molar-refractivity contribution < 1.29 is 4.79 Å². The average Bonchev–Trinajstić information content (AvgIpc) is 3.27. The first-order chi connectivity index (χ1) is 9.74. The standard InChI is InChI=1S/C17H20N2O/c20-15(18-16(6-7-16)11-19-8-3-9-19)17-10-14(17)12-4-1-2-5-13(12)17/h1-2,4-5,14H,3,6-11H2,(H,18,20). The van der Waals surface area contributed by atoms with Crippen LogP contribution in [0, 0.1) is 0 Å². The summed E-state index contributed by atoms with van der Waals surface area (Å²) in [6.07, 6.45) is 4.69. The number of nitrogens with zero attached hydrogens (tertiary/aromatic N) is 1. The van der Waals surface area contributed by atoms with Gasteiger partial charge in [-0.1, -0.05) is 24.3 Å². The van der Waals surface area contributed by atoms with Crippen molar-refractivity contribution in [2.75, 3.05) is 19.6 Å². The molecule has 1 heterocycles. The van der Waals surface area contributed by atoms with Gasteiger partial charge in [-0.25, -0.2) is 0 Å². The average molecular weight is 268 g/mol. The maximum absolute atomic E-state index is 12.8. The second kappa shape index (κ2) is 3.45. The van der Waals surface area contributed by atoms with E-state index in [-0.39, 0.29) is 11.0 Å². The summed E-state index contributed by atoms with van der Waals surface area (Å²) in [5.41, 5.74) is 2.68. The van der Waals surface area contributed by atoms with Crippen molar-refractivity contribution in [2.24, 2.45) is 0 Å². The molecule has 2 unspecified atom stereocenters. The van der Waals surface area contributed by atoms with Crippen molar-refractivity contribution in [1.82, 2.24) is 10.2 Å². The molecule has 0 bridgehead atoms. The molecule has 1 aromatic rings. The molecule has 104 valence electrons. The molecule has 0 radical (unpaired) electrons. The summed E-state index contributed by atoms with van der Waals surface area (Å²) in [6, 6.07) is 8.49. The molecule has 3 aliphatic carbocycles. The monoisotopic (exact) mass is 268 g/mol. The van der Waals surface area contributed by atoms with Crippen LogP contribution in [0.4, 0.5) is 0 Å². The lowest BCUT2D eigenvalue weighted by molar-refractivity contribution is -0.125. The van der Waals surface area contributed by atoms with Gasteiger partial charge in [-0.3, -0.25) is 4.79 Å². The Labute approximate surface area is 119 Å². The molecule has 2 saturated carbocycles. The number of hydrogen-bond acceptors (Lipinski definition) is 2. The number of benzene rings is 1. The van der Waals surface area contributed by atoms with Gasteiger partial charge in [-0.15, -0.1) is 0 Å². The van der Waals surface area contributed by atoms with E-state index in [1.54, 1.807) is 0 Å². The Balaban J connectivity index is 1.33. The topological polar surface area (TPSA) is 32.3 Å². The molecule has 3 nitrogen and oxygen atoms in total. The van der Waals surface area contributed by atoms with Gasteiger partial charge in [0.1, 0.15) is 0 Å². The molecule has 0 spiro atoms. The lowest BCUT2D eigenvalue weighted by Crippen LogP contribution is -2.53. The fourth-order valence-corrected chi connectivity index (χ4v) is 4.23. The Hall–Kier alpha value is -1.35. The van der Waals surface area contributed by atoms with Crippen LogP contribution in [-0.2, 0) is 10.2 Å². The summed E-state index contributed by atoms with van der Waals surface area (Å²) >= 11 is 0. The van der Waals surface area contributed by atoms with Gasteiger partial charge in [0.2, 0.25) is 5.91 Å². The summed E-state index contributed by atoms with van der Waals surface area (Å²) < 4.78 is 0. The minimum atomic E-state index is -0.138. The van der Waals surface area contributed by atoms with Crippen molar-refractivity contribution in [3.63, 3.8) is 0 Å². The van der Waals surface area contributed by atoms with Gasteiger partial charge >= 0.3 is 0 Å². The molecule has 1 aromatic carbocycles. The van der Waals surface area contributed by atoms with Crippen molar-refractivity contribution in [3.05, 3.63) is 35.4 Å². The van der Waals surface area contributed by atoms with E-state index in [4.69, 9.17) is 0 Å². The molecule has 1 amide bonds. The largest absolute Gasteiger partial charge is 0.349 e. The van der Waals surface area contributed by atoms with Crippen LogP contribution in [0.5, 0.6) is 0 Å². The van der Waals surface area contributed by atoms with E-state index in [1.165, 1.54) is 30.6 Å². The lowest BCUT2D eigenvalue weighted by Gasteiger charge is -2.36. The molecule has 3 fully saturated rings. The summed E-state index contributed by atoms with van der Waals surface area (Å²) in [4.78, 5) is 15.2. The summed E-state index contributed by atoms with van der Waals surface area (Å²) in [6.45, 7) is 3.50. The number of likely N-dealkylation sites (tertiary alicyclic amines) is 1. The third-order valence-electron chi connectivity index (χ3n) is 5.89. The van der Waals surface area contributed by atoms with Gasteiger partial charge < -0.3 is 10.2 Å². The fraction of sp³-hybridized carbons (Fsp3) is 0.588. The van der Waals surface area contributed by atoms with E-state index < -0.39 is 0 Å². The van der Waals surface area contributed by atoms with Crippen molar-refractivity contribution in [1.29, 1.82) is 0 Å². The van der Waals surface area contributed by atoms with Gasteiger partial charge in [-0.05, 0) is 49.9 Å². The molecular weight excluding hydrogens is 248 g/mol. The van der Waals surface area contributed by atoms with E-state index in [0.29, 0.717) is 11.8 Å². The molecule has 1 saturated heterocycles. The molecule has 5 rings (SSSR count). The third-order valence-corrected chi connectivity index (χ3v) is 5.89. The minimum absolute atomic E-state index is 0.115. The van der Waals surface area contributed by atoms with Crippen LogP contribution < -0.4 is 5.32 Å². The number of carbonyl (C=O) groups is 1. The van der Waals surface area contributed by atoms with Gasteiger partial charge in [0.05, 0.1) is 11.0 Å². The number of fused-ring (bicyclic) bond motifs is 4. The lowest BCUT2D eigenvalue weighted by atomic mass is 9.76. The first-order valence-corrected chi connectivity index (χ1v) is 7.88. The van der Waals surface area contributed by atoms with Crippen LogP contribution in [0.1, 0.15) is 42.7 Å². The van der Waals surface area contributed by atoms with E-state index in [2.05, 4.69) is 34.5 Å². The number of carbonyl (C=O) groups excluding carboxylic acids is 1. The Kier molecular flexibility index (Phi) is 1.95. The predicted octanol–water partition coefficient (Wildman–Crippen LogP) is 1.78. The van der Waals surface area contributed by atoms with Gasteiger partial charge in [0.15, 0.2) is 0 Å². The Morgan fingerprint density at radius 2 is 2.10 bits per heavy atom. The highest BCUT2D eigenvalue weighted by atomic mass is 16.2. The van der Waals surface area contributed by atoms with Crippen molar-refractivity contribution in [2.45, 2.75) is 42.6 Å².